The van der Waals surface area contributed by atoms with E-state index < -0.39 is 5.97 Å². The molecule has 0 aliphatic carbocycles. The highest BCUT2D eigenvalue weighted by Gasteiger charge is 2.20. The molecule has 2 rings (SSSR count). The fraction of sp³-hybridized carbons (Fsp3) is 0.500. The number of hydrogen-bond acceptors (Lipinski definition) is 3. The second-order valence-corrected chi connectivity index (χ2v) is 5.37. The van der Waals surface area contributed by atoms with Crippen LogP contribution in [0.4, 0.5) is 0 Å². The molecule has 0 atom stereocenters. The lowest BCUT2D eigenvalue weighted by Crippen LogP contribution is -2.05. The second-order valence-electron chi connectivity index (χ2n) is 5.37. The van der Waals surface area contributed by atoms with E-state index in [-0.39, 0.29) is 17.5 Å². The number of fused-ring (bicyclic) bond motifs is 1. The van der Waals surface area contributed by atoms with Gasteiger partial charge in [0, 0.05) is 18.2 Å². The van der Waals surface area contributed by atoms with Gasteiger partial charge in [0.1, 0.15) is 11.5 Å². The van der Waals surface area contributed by atoms with Crippen LogP contribution in [0.25, 0.3) is 11.0 Å². The van der Waals surface area contributed by atoms with E-state index >= 15 is 0 Å². The first-order valence-electron chi connectivity index (χ1n) is 6.45. The van der Waals surface area contributed by atoms with Gasteiger partial charge >= 0.3 is 5.97 Å². The Morgan fingerprint density at radius 1 is 1.26 bits per heavy atom. The topological polar surface area (TPSA) is 68.0 Å². The van der Waals surface area contributed by atoms with E-state index in [1.807, 2.05) is 39.2 Å². The van der Waals surface area contributed by atoms with E-state index in [1.54, 1.807) is 6.20 Å². The van der Waals surface area contributed by atoms with Crippen LogP contribution in [0.5, 0.6) is 0 Å². The summed E-state index contributed by atoms with van der Waals surface area (Å²) in [7, 11) is 0. The first kappa shape index (κ1) is 13.5. The Morgan fingerprint density at radius 3 is 2.37 bits per heavy atom. The smallest absolute Gasteiger partial charge is 0.338 e. The van der Waals surface area contributed by atoms with Crippen LogP contribution in [-0.2, 0) is 0 Å². The zero-order chi connectivity index (χ0) is 14.3. The van der Waals surface area contributed by atoms with Crippen molar-refractivity contribution in [1.29, 1.82) is 0 Å². The lowest BCUT2D eigenvalue weighted by molar-refractivity contribution is 0.0698. The summed E-state index contributed by atoms with van der Waals surface area (Å²) < 4.78 is 1.90. The lowest BCUT2D eigenvalue weighted by atomic mass is 10.1. The minimum absolute atomic E-state index is 0.157. The fourth-order valence-corrected chi connectivity index (χ4v) is 2.16. The molecule has 5 heteroatoms. The van der Waals surface area contributed by atoms with Crippen LogP contribution in [0.3, 0.4) is 0 Å². The Bertz CT molecular complexity index is 642. The van der Waals surface area contributed by atoms with Crippen molar-refractivity contribution < 1.29 is 9.90 Å². The second kappa shape index (κ2) is 4.64. The Hall–Kier alpha value is -1.91. The van der Waals surface area contributed by atoms with Crippen LogP contribution in [0.2, 0.25) is 0 Å². The van der Waals surface area contributed by atoms with E-state index in [0.29, 0.717) is 11.0 Å². The van der Waals surface area contributed by atoms with Crippen molar-refractivity contribution in [3.8, 4) is 0 Å². The molecule has 0 spiro atoms. The molecule has 2 aromatic rings. The zero-order valence-corrected chi connectivity index (χ0v) is 11.9. The minimum Gasteiger partial charge on any atom is -0.478 e. The predicted octanol–water partition coefficient (Wildman–Crippen LogP) is 3.14. The van der Waals surface area contributed by atoms with Gasteiger partial charge in [-0.05, 0) is 20.8 Å². The monoisotopic (exact) mass is 261 g/mol. The highest BCUT2D eigenvalue weighted by Crippen LogP contribution is 2.27. The third-order valence-corrected chi connectivity index (χ3v) is 3.17. The van der Waals surface area contributed by atoms with Crippen LogP contribution in [-0.4, -0.2) is 25.6 Å². The van der Waals surface area contributed by atoms with E-state index in [9.17, 15) is 9.90 Å². The summed E-state index contributed by atoms with van der Waals surface area (Å²) in [6.07, 6.45) is 1.66. The maximum Gasteiger partial charge on any atom is 0.338 e. The molecule has 102 valence electrons. The molecule has 0 fully saturated rings. The first-order valence-corrected chi connectivity index (χ1v) is 6.45. The minimum atomic E-state index is -0.937. The number of aryl methyl sites for hydroxylation is 1. The molecule has 0 aliphatic rings. The number of hydrogen-bond donors (Lipinski definition) is 1. The molecule has 0 saturated heterocycles. The van der Waals surface area contributed by atoms with Gasteiger partial charge < -0.3 is 9.67 Å². The molecular formula is C14H19N3O2. The Balaban J connectivity index is 2.86. The summed E-state index contributed by atoms with van der Waals surface area (Å²) in [6.45, 7) is 9.92. The summed E-state index contributed by atoms with van der Waals surface area (Å²) in [6, 6.07) is 0.157. The van der Waals surface area contributed by atoms with Crippen molar-refractivity contribution in [3.05, 3.63) is 23.3 Å². The van der Waals surface area contributed by atoms with Gasteiger partial charge in [-0.2, -0.15) is 0 Å². The average Bonchev–Trinajstić information content (AvgIpc) is 2.68. The Morgan fingerprint density at radius 2 is 1.89 bits per heavy atom. The number of aromatic carboxylic acids is 1. The summed E-state index contributed by atoms with van der Waals surface area (Å²) in [5.74, 6) is 0.0298. The van der Waals surface area contributed by atoms with Gasteiger partial charge in [-0.3, -0.25) is 0 Å². The molecule has 0 aromatic carbocycles. The van der Waals surface area contributed by atoms with Gasteiger partial charge in [-0.15, -0.1) is 0 Å². The molecule has 0 saturated carbocycles. The largest absolute Gasteiger partial charge is 0.478 e. The van der Waals surface area contributed by atoms with Crippen LogP contribution in [0.15, 0.2) is 6.20 Å². The maximum atomic E-state index is 11.4. The van der Waals surface area contributed by atoms with Crippen LogP contribution < -0.4 is 0 Å². The predicted molar refractivity (Wildman–Crippen MR) is 73.7 cm³/mol. The third-order valence-electron chi connectivity index (χ3n) is 3.17. The van der Waals surface area contributed by atoms with Crippen molar-refractivity contribution in [1.82, 2.24) is 14.5 Å². The molecule has 0 radical (unpaired) electrons. The SMILES string of the molecule is Cc1nc(C(C)C)nc2c1c(C(=O)O)cn2C(C)C. The van der Waals surface area contributed by atoms with Crippen LogP contribution >= 0.6 is 0 Å². The highest BCUT2D eigenvalue weighted by molar-refractivity contribution is 6.03. The molecule has 0 unspecified atom stereocenters. The summed E-state index contributed by atoms with van der Waals surface area (Å²) >= 11 is 0. The lowest BCUT2D eigenvalue weighted by Gasteiger charge is -2.11. The van der Waals surface area contributed by atoms with Gasteiger partial charge in [0.2, 0.25) is 0 Å². The van der Waals surface area contributed by atoms with Gasteiger partial charge in [0.15, 0.2) is 0 Å². The van der Waals surface area contributed by atoms with Crippen molar-refractivity contribution >= 4 is 17.0 Å². The van der Waals surface area contributed by atoms with E-state index in [2.05, 4.69) is 9.97 Å². The van der Waals surface area contributed by atoms with Crippen molar-refractivity contribution in [2.75, 3.05) is 0 Å². The molecule has 1 N–H and O–H groups in total. The summed E-state index contributed by atoms with van der Waals surface area (Å²) in [4.78, 5) is 20.3. The van der Waals surface area contributed by atoms with Crippen LogP contribution in [0, 0.1) is 6.92 Å². The van der Waals surface area contributed by atoms with Gasteiger partial charge in [0.05, 0.1) is 16.6 Å². The standard InChI is InChI=1S/C14H19N3O2/c1-7(2)12-15-9(5)11-10(14(18)19)6-17(8(3)4)13(11)16-12/h6-8H,1-5H3,(H,18,19). The summed E-state index contributed by atoms with van der Waals surface area (Å²) in [5, 5.41) is 9.96. The normalized spacial score (nSPS) is 11.7. The first-order chi connectivity index (χ1) is 8.82. The van der Waals surface area contributed by atoms with Gasteiger partial charge in [-0.25, -0.2) is 14.8 Å². The molecule has 2 aromatic heterocycles. The summed E-state index contributed by atoms with van der Waals surface area (Å²) in [5.41, 5.74) is 1.71. The van der Waals surface area contributed by atoms with Crippen molar-refractivity contribution in [2.45, 2.75) is 46.6 Å². The third kappa shape index (κ3) is 2.20. The number of rotatable bonds is 3. The van der Waals surface area contributed by atoms with Crippen molar-refractivity contribution in [2.24, 2.45) is 0 Å². The van der Waals surface area contributed by atoms with E-state index in [4.69, 9.17) is 0 Å². The quantitative estimate of drug-likeness (QED) is 0.921. The van der Waals surface area contributed by atoms with Gasteiger partial charge in [-0.1, -0.05) is 13.8 Å². The fourth-order valence-electron chi connectivity index (χ4n) is 2.16. The van der Waals surface area contributed by atoms with E-state index in [1.165, 1.54) is 0 Å². The number of carbonyl (C=O) groups is 1. The number of aromatic nitrogens is 3. The molecule has 0 amide bonds. The molecule has 5 nitrogen and oxygen atoms in total. The number of carboxylic acid groups (broad SMARTS) is 1. The van der Waals surface area contributed by atoms with Crippen molar-refractivity contribution in [3.63, 3.8) is 0 Å². The Kier molecular flexibility index (Phi) is 3.30. The van der Waals surface area contributed by atoms with Gasteiger partial charge in [0.25, 0.3) is 0 Å². The molecular weight excluding hydrogens is 242 g/mol. The van der Waals surface area contributed by atoms with Crippen LogP contribution in [0.1, 0.15) is 61.5 Å². The Labute approximate surface area is 112 Å². The molecule has 0 aliphatic heterocycles. The molecule has 0 bridgehead atoms. The molecule has 19 heavy (non-hydrogen) atoms. The number of nitrogens with zero attached hydrogens (tertiary/aromatic N) is 3. The highest BCUT2D eigenvalue weighted by atomic mass is 16.4. The number of carboxylic acids is 1. The maximum absolute atomic E-state index is 11.4. The molecule has 2 heterocycles. The van der Waals surface area contributed by atoms with E-state index in [0.717, 1.165) is 11.5 Å². The zero-order valence-electron chi connectivity index (χ0n) is 11.9. The average molecular weight is 261 g/mol.